The quantitative estimate of drug-likeness (QED) is 0.722. The molecule has 7 heteroatoms. The fourth-order valence-electron chi connectivity index (χ4n) is 2.87. The molecule has 27 heavy (non-hydrogen) atoms. The summed E-state index contributed by atoms with van der Waals surface area (Å²) in [5.74, 6) is -0.311. The van der Waals surface area contributed by atoms with Gasteiger partial charge in [0.2, 0.25) is 5.91 Å². The lowest BCUT2D eigenvalue weighted by molar-refractivity contribution is -0.114. The molecular formula is C20H22N4O3. The number of benzene rings is 1. The molecule has 2 heterocycles. The third-order valence-corrected chi connectivity index (χ3v) is 4.37. The molecule has 1 aromatic carbocycles. The first kappa shape index (κ1) is 18.6. The predicted octanol–water partition coefficient (Wildman–Crippen LogP) is 4.17. The maximum absolute atomic E-state index is 13.0. The zero-order chi connectivity index (χ0) is 19.7. The third-order valence-electron chi connectivity index (χ3n) is 4.37. The van der Waals surface area contributed by atoms with E-state index < -0.39 is 0 Å². The van der Waals surface area contributed by atoms with Crippen molar-refractivity contribution in [2.45, 2.75) is 40.5 Å². The van der Waals surface area contributed by atoms with Crippen LogP contribution in [0, 0.1) is 13.8 Å². The maximum atomic E-state index is 13.0. The molecule has 2 N–H and O–H groups in total. The summed E-state index contributed by atoms with van der Waals surface area (Å²) in [4.78, 5) is 28.8. The van der Waals surface area contributed by atoms with Crippen molar-refractivity contribution in [3.05, 3.63) is 46.8 Å². The number of nitrogens with zero attached hydrogens (tertiary/aromatic N) is 2. The third kappa shape index (κ3) is 3.67. The molecule has 0 unspecified atom stereocenters. The van der Waals surface area contributed by atoms with Crippen LogP contribution in [-0.2, 0) is 4.79 Å². The molecule has 0 aliphatic rings. The van der Waals surface area contributed by atoms with Crippen LogP contribution in [0.4, 0.5) is 11.4 Å². The van der Waals surface area contributed by atoms with Gasteiger partial charge in [-0.25, -0.2) is 4.98 Å². The number of hydrogen-bond donors (Lipinski definition) is 2. The van der Waals surface area contributed by atoms with Crippen LogP contribution in [0.25, 0.3) is 11.1 Å². The molecule has 0 spiro atoms. The molecule has 3 aromatic rings. The van der Waals surface area contributed by atoms with Crippen LogP contribution in [-0.4, -0.2) is 22.0 Å². The molecule has 7 nitrogen and oxygen atoms in total. The average molecular weight is 366 g/mol. The minimum Gasteiger partial charge on any atom is -0.336 e. The minimum atomic E-state index is -0.279. The highest BCUT2D eigenvalue weighted by Crippen LogP contribution is 2.28. The Balaban J connectivity index is 2.02. The molecule has 3 rings (SSSR count). The van der Waals surface area contributed by atoms with Crippen LogP contribution >= 0.6 is 0 Å². The summed E-state index contributed by atoms with van der Waals surface area (Å²) in [7, 11) is 0. The smallest absolute Gasteiger partial charge is 0.259 e. The Morgan fingerprint density at radius 2 is 1.78 bits per heavy atom. The van der Waals surface area contributed by atoms with E-state index in [-0.39, 0.29) is 17.7 Å². The van der Waals surface area contributed by atoms with Crippen molar-refractivity contribution in [1.82, 2.24) is 10.1 Å². The van der Waals surface area contributed by atoms with Crippen LogP contribution in [0.1, 0.15) is 54.0 Å². The van der Waals surface area contributed by atoms with Crippen molar-refractivity contribution in [1.29, 1.82) is 0 Å². The van der Waals surface area contributed by atoms with Gasteiger partial charge in [-0.1, -0.05) is 25.1 Å². The Morgan fingerprint density at radius 1 is 1.11 bits per heavy atom. The monoisotopic (exact) mass is 366 g/mol. The van der Waals surface area contributed by atoms with Crippen molar-refractivity contribution < 1.29 is 14.1 Å². The molecule has 0 atom stereocenters. The number of rotatable bonds is 4. The summed E-state index contributed by atoms with van der Waals surface area (Å²) in [6.45, 7) is 9.07. The van der Waals surface area contributed by atoms with Gasteiger partial charge in [0.15, 0.2) is 0 Å². The molecule has 0 aliphatic carbocycles. The number of nitrogens with one attached hydrogen (secondary N) is 2. The Labute approximate surface area is 157 Å². The van der Waals surface area contributed by atoms with Gasteiger partial charge < -0.3 is 15.2 Å². The second kappa shape index (κ2) is 7.19. The number of aromatic nitrogens is 2. The van der Waals surface area contributed by atoms with Gasteiger partial charge in [0.1, 0.15) is 0 Å². The molecule has 0 radical (unpaired) electrons. The Morgan fingerprint density at radius 3 is 2.41 bits per heavy atom. The van der Waals surface area contributed by atoms with E-state index in [2.05, 4.69) is 20.8 Å². The summed E-state index contributed by atoms with van der Waals surface area (Å²) in [5.41, 5.74) is 4.24. The number of aryl methyl sites for hydroxylation is 1. The zero-order valence-corrected chi connectivity index (χ0v) is 16.0. The van der Waals surface area contributed by atoms with E-state index in [0.717, 1.165) is 11.3 Å². The number of anilines is 2. The van der Waals surface area contributed by atoms with Crippen LogP contribution in [0.15, 0.2) is 28.8 Å². The topological polar surface area (TPSA) is 97.1 Å². The Hall–Kier alpha value is -3.22. The fourth-order valence-corrected chi connectivity index (χ4v) is 2.87. The van der Waals surface area contributed by atoms with E-state index >= 15 is 0 Å². The van der Waals surface area contributed by atoms with E-state index in [4.69, 9.17) is 4.52 Å². The number of pyridine rings is 1. The van der Waals surface area contributed by atoms with Crippen molar-refractivity contribution in [2.75, 3.05) is 10.6 Å². The number of carbonyl (C=O) groups is 2. The normalized spacial score (nSPS) is 11.0. The van der Waals surface area contributed by atoms with Crippen molar-refractivity contribution in [3.8, 4) is 0 Å². The summed E-state index contributed by atoms with van der Waals surface area (Å²) in [5, 5.41) is 10.2. The van der Waals surface area contributed by atoms with Crippen molar-refractivity contribution in [3.63, 3.8) is 0 Å². The fraction of sp³-hybridized carbons (Fsp3) is 0.300. The van der Waals surface area contributed by atoms with Gasteiger partial charge in [-0.3, -0.25) is 9.59 Å². The second-order valence-electron chi connectivity index (χ2n) is 6.81. The number of amides is 2. The molecule has 0 aliphatic heterocycles. The molecule has 0 saturated heterocycles. The maximum Gasteiger partial charge on any atom is 0.259 e. The largest absolute Gasteiger partial charge is 0.336 e. The standard InChI is InChI=1S/C20H22N4O3/c1-10(2)17-9-14(18-12(4)24-27-20(18)23-17)19(26)22-16-8-6-7-15(11(16)3)21-13(5)25/h6-10H,1-5H3,(H,21,25)(H,22,26). The molecule has 140 valence electrons. The number of hydrogen-bond acceptors (Lipinski definition) is 5. The van der Waals surface area contributed by atoms with Crippen LogP contribution in [0.2, 0.25) is 0 Å². The van der Waals surface area contributed by atoms with Gasteiger partial charge in [-0.15, -0.1) is 0 Å². The van der Waals surface area contributed by atoms with Crippen LogP contribution < -0.4 is 10.6 Å². The Bertz CT molecular complexity index is 1040. The summed E-state index contributed by atoms with van der Waals surface area (Å²) >= 11 is 0. The van der Waals surface area contributed by atoms with E-state index in [0.29, 0.717) is 33.7 Å². The van der Waals surface area contributed by atoms with E-state index in [1.807, 2.05) is 20.8 Å². The van der Waals surface area contributed by atoms with Gasteiger partial charge in [0.25, 0.3) is 11.6 Å². The minimum absolute atomic E-state index is 0.135. The lowest BCUT2D eigenvalue weighted by Crippen LogP contribution is -2.15. The van der Waals surface area contributed by atoms with Crippen molar-refractivity contribution in [2.24, 2.45) is 0 Å². The first-order chi connectivity index (χ1) is 12.8. The first-order valence-corrected chi connectivity index (χ1v) is 8.73. The highest BCUT2D eigenvalue weighted by molar-refractivity contribution is 6.12. The van der Waals surface area contributed by atoms with Gasteiger partial charge in [-0.2, -0.15) is 0 Å². The molecule has 0 fully saturated rings. The van der Waals surface area contributed by atoms with E-state index in [1.165, 1.54) is 6.92 Å². The van der Waals surface area contributed by atoms with Gasteiger partial charge >= 0.3 is 0 Å². The van der Waals surface area contributed by atoms with E-state index in [9.17, 15) is 9.59 Å². The van der Waals surface area contributed by atoms with Crippen LogP contribution in [0.5, 0.6) is 0 Å². The number of carbonyl (C=O) groups excluding carboxylic acids is 2. The Kier molecular flexibility index (Phi) is 4.94. The average Bonchev–Trinajstić information content (AvgIpc) is 2.98. The summed E-state index contributed by atoms with van der Waals surface area (Å²) in [6.07, 6.45) is 0. The van der Waals surface area contributed by atoms with E-state index in [1.54, 1.807) is 31.2 Å². The van der Waals surface area contributed by atoms with Gasteiger partial charge in [0, 0.05) is 24.0 Å². The SMILES string of the molecule is CC(=O)Nc1cccc(NC(=O)c2cc(C(C)C)nc3onc(C)c23)c1C. The van der Waals surface area contributed by atoms with Gasteiger partial charge in [0.05, 0.1) is 16.6 Å². The summed E-state index contributed by atoms with van der Waals surface area (Å²) < 4.78 is 5.28. The summed E-state index contributed by atoms with van der Waals surface area (Å²) in [6, 6.07) is 7.14. The second-order valence-corrected chi connectivity index (χ2v) is 6.81. The lowest BCUT2D eigenvalue weighted by atomic mass is 10.0. The molecule has 0 bridgehead atoms. The first-order valence-electron chi connectivity index (χ1n) is 8.73. The lowest BCUT2D eigenvalue weighted by Gasteiger charge is -2.14. The molecule has 2 aromatic heterocycles. The molecule has 0 saturated carbocycles. The highest BCUT2D eigenvalue weighted by atomic mass is 16.5. The highest BCUT2D eigenvalue weighted by Gasteiger charge is 2.20. The van der Waals surface area contributed by atoms with Crippen LogP contribution in [0.3, 0.4) is 0 Å². The molecule has 2 amide bonds. The number of fused-ring (bicyclic) bond motifs is 1. The predicted molar refractivity (Wildman–Crippen MR) is 104 cm³/mol. The zero-order valence-electron chi connectivity index (χ0n) is 16.0. The molecular weight excluding hydrogens is 344 g/mol. The van der Waals surface area contributed by atoms with Gasteiger partial charge in [-0.05, 0) is 43.5 Å². The van der Waals surface area contributed by atoms with Crippen molar-refractivity contribution >= 4 is 34.3 Å².